The van der Waals surface area contributed by atoms with Crippen LogP contribution in [0.1, 0.15) is 16.4 Å². The average Bonchev–Trinajstić information content (AvgIpc) is 2.55. The maximum atomic E-state index is 10.8. The Balaban J connectivity index is 2.33. The van der Waals surface area contributed by atoms with Crippen LogP contribution in [0.5, 0.6) is 0 Å². The van der Waals surface area contributed by atoms with E-state index in [-0.39, 0.29) is 5.82 Å². The highest BCUT2D eigenvalue weighted by molar-refractivity contribution is 6.09. The fraction of sp³-hybridized carbons (Fsp3) is 0. The highest BCUT2D eigenvalue weighted by Crippen LogP contribution is 2.07. The molecule has 0 spiro atoms. The van der Waals surface area contributed by atoms with Crippen LogP contribution in [0.3, 0.4) is 0 Å². The van der Waals surface area contributed by atoms with Gasteiger partial charge < -0.3 is 5.73 Å². The number of nitrogens with zero attached hydrogens (tertiary/aromatic N) is 3. The van der Waals surface area contributed by atoms with Crippen LogP contribution in [0, 0.1) is 0 Å². The van der Waals surface area contributed by atoms with Gasteiger partial charge in [0.1, 0.15) is 0 Å². The highest BCUT2D eigenvalue weighted by Gasteiger charge is 2.10. The summed E-state index contributed by atoms with van der Waals surface area (Å²) >= 11 is 0. The van der Waals surface area contributed by atoms with Crippen LogP contribution in [-0.2, 0) is 0 Å². The Kier molecular flexibility index (Phi) is 2.28. The van der Waals surface area contributed by atoms with E-state index in [0.717, 1.165) is 0 Å². The molecule has 0 aromatic carbocycles. The van der Waals surface area contributed by atoms with Crippen molar-refractivity contribution in [3.63, 3.8) is 0 Å². The summed E-state index contributed by atoms with van der Waals surface area (Å²) in [5, 5.41) is 10.1. The van der Waals surface area contributed by atoms with Crippen molar-refractivity contribution in [1.82, 2.24) is 20.6 Å². The van der Waals surface area contributed by atoms with Gasteiger partial charge in [-0.25, -0.2) is 4.98 Å². The second kappa shape index (κ2) is 3.74. The van der Waals surface area contributed by atoms with Gasteiger partial charge in [0.2, 0.25) is 5.82 Å². The lowest BCUT2D eigenvalue weighted by atomic mass is 10.2. The topological polar surface area (TPSA) is 109 Å². The second-order valence-electron chi connectivity index (χ2n) is 2.74. The second-order valence-corrected chi connectivity index (χ2v) is 2.74. The number of H-pyrrole nitrogens is 1. The Bertz CT molecular complexity index is 469. The van der Waals surface area contributed by atoms with Crippen molar-refractivity contribution in [1.29, 1.82) is 0 Å². The van der Waals surface area contributed by atoms with Gasteiger partial charge in [0.15, 0.2) is 5.82 Å². The molecule has 0 unspecified atom stereocenters. The predicted octanol–water partition coefficient (Wildman–Crippen LogP) is -0.610. The zero-order valence-corrected chi connectivity index (χ0v) is 7.64. The lowest BCUT2D eigenvalue weighted by Crippen LogP contribution is -2.12. The maximum absolute atomic E-state index is 10.8. The zero-order valence-electron chi connectivity index (χ0n) is 7.64. The van der Waals surface area contributed by atoms with Crippen LogP contribution in [0.15, 0.2) is 23.5 Å². The first-order chi connectivity index (χ1) is 7.27. The van der Waals surface area contributed by atoms with Crippen molar-refractivity contribution in [2.45, 2.75) is 0 Å². The summed E-state index contributed by atoms with van der Waals surface area (Å²) < 4.78 is 0. The summed E-state index contributed by atoms with van der Waals surface area (Å²) in [7, 11) is 0. The minimum Gasteiger partial charge on any atom is -0.363 e. The molecule has 1 amide bonds. The number of allylic oxidation sites excluding steroid dienone is 3. The molecule has 1 aliphatic rings. The Morgan fingerprint density at radius 2 is 2.33 bits per heavy atom. The van der Waals surface area contributed by atoms with Crippen LogP contribution in [0.4, 0.5) is 0 Å². The molecule has 7 nitrogen and oxygen atoms in total. The average molecular weight is 204 g/mol. The van der Waals surface area contributed by atoms with E-state index in [9.17, 15) is 4.79 Å². The van der Waals surface area contributed by atoms with Crippen molar-refractivity contribution in [3.8, 4) is 0 Å². The monoisotopic (exact) mass is 204 g/mol. The molecule has 1 aliphatic heterocycles. The van der Waals surface area contributed by atoms with E-state index in [2.05, 4.69) is 25.7 Å². The van der Waals surface area contributed by atoms with Crippen molar-refractivity contribution in [3.05, 3.63) is 30.0 Å². The van der Waals surface area contributed by atoms with Crippen molar-refractivity contribution < 1.29 is 4.79 Å². The van der Waals surface area contributed by atoms with Crippen LogP contribution in [0.25, 0.3) is 5.57 Å². The Hall–Kier alpha value is -2.44. The van der Waals surface area contributed by atoms with Gasteiger partial charge in [-0.05, 0) is 12.2 Å². The Morgan fingerprint density at radius 3 is 3.07 bits per heavy atom. The third-order valence-electron chi connectivity index (χ3n) is 1.70. The molecule has 1 aromatic rings. The summed E-state index contributed by atoms with van der Waals surface area (Å²) in [6.45, 7) is 0. The van der Waals surface area contributed by atoms with Crippen LogP contribution in [-0.4, -0.2) is 27.3 Å². The molecule has 4 N–H and O–H groups in total. The molecular formula is C8H8N6O. The standard InChI is InChI=1S/C8H8N6O/c9-6(15)8-12-7(13-14-8)5-2-1-3-10-11-4-5/h1-4,10H,(H2,9,15)(H,12,13,14). The molecule has 15 heavy (non-hydrogen) atoms. The molecule has 2 heterocycles. The van der Waals surface area contributed by atoms with E-state index >= 15 is 0 Å². The first kappa shape index (κ1) is 9.13. The third-order valence-corrected chi connectivity index (χ3v) is 1.70. The number of nitrogens with one attached hydrogen (secondary N) is 2. The molecule has 0 atom stereocenters. The van der Waals surface area contributed by atoms with Gasteiger partial charge in [0.25, 0.3) is 5.91 Å². The van der Waals surface area contributed by atoms with E-state index in [1.54, 1.807) is 24.6 Å². The minimum absolute atomic E-state index is 0.0282. The third kappa shape index (κ3) is 1.90. The highest BCUT2D eigenvalue weighted by atomic mass is 16.1. The zero-order chi connectivity index (χ0) is 10.7. The number of rotatable bonds is 2. The van der Waals surface area contributed by atoms with Gasteiger partial charge >= 0.3 is 0 Å². The summed E-state index contributed by atoms with van der Waals surface area (Å²) in [6, 6.07) is 0. The molecule has 0 radical (unpaired) electrons. The van der Waals surface area contributed by atoms with Crippen molar-refractivity contribution in [2.75, 3.05) is 0 Å². The molecule has 0 bridgehead atoms. The Morgan fingerprint density at radius 1 is 1.47 bits per heavy atom. The lowest BCUT2D eigenvalue weighted by Gasteiger charge is -1.90. The smallest absolute Gasteiger partial charge is 0.286 e. The van der Waals surface area contributed by atoms with Gasteiger partial charge in [0.05, 0.1) is 6.21 Å². The number of aromatic nitrogens is 3. The minimum atomic E-state index is -0.645. The summed E-state index contributed by atoms with van der Waals surface area (Å²) in [5.41, 5.74) is 8.37. The van der Waals surface area contributed by atoms with Crippen LogP contribution < -0.4 is 11.2 Å². The first-order valence-electron chi connectivity index (χ1n) is 4.15. The molecule has 0 saturated heterocycles. The van der Waals surface area contributed by atoms with Crippen molar-refractivity contribution >= 4 is 17.7 Å². The van der Waals surface area contributed by atoms with Crippen LogP contribution in [0.2, 0.25) is 0 Å². The van der Waals surface area contributed by atoms with E-state index in [1.807, 2.05) is 0 Å². The number of hydrogen-bond acceptors (Lipinski definition) is 5. The van der Waals surface area contributed by atoms with Crippen molar-refractivity contribution in [2.24, 2.45) is 10.8 Å². The number of aromatic amines is 1. The SMILES string of the molecule is NC(=O)c1nc(C2=CC=CNN=C2)n[nH]1. The fourth-order valence-corrected chi connectivity index (χ4v) is 1.02. The molecule has 0 saturated carbocycles. The van der Waals surface area contributed by atoms with Gasteiger partial charge in [-0.2, -0.15) is 10.2 Å². The number of primary amides is 1. The van der Waals surface area contributed by atoms with Crippen LogP contribution >= 0.6 is 0 Å². The first-order valence-corrected chi connectivity index (χ1v) is 4.15. The summed E-state index contributed by atoms with van der Waals surface area (Å²) in [6.07, 6.45) is 6.72. The van der Waals surface area contributed by atoms with Gasteiger partial charge in [-0.15, -0.1) is 0 Å². The fourth-order valence-electron chi connectivity index (χ4n) is 1.02. The molecular weight excluding hydrogens is 196 g/mol. The number of hydrazone groups is 1. The Labute approximate surface area is 84.8 Å². The van der Waals surface area contributed by atoms with E-state index < -0.39 is 5.91 Å². The van der Waals surface area contributed by atoms with Gasteiger partial charge in [-0.3, -0.25) is 15.3 Å². The van der Waals surface area contributed by atoms with E-state index in [4.69, 9.17) is 5.73 Å². The normalized spacial score (nSPS) is 14.3. The number of carbonyl (C=O) groups excluding carboxylic acids is 1. The van der Waals surface area contributed by atoms with E-state index in [1.165, 1.54) is 0 Å². The number of hydrogen-bond donors (Lipinski definition) is 3. The molecule has 76 valence electrons. The van der Waals surface area contributed by atoms with Gasteiger partial charge in [-0.1, -0.05) is 0 Å². The van der Waals surface area contributed by atoms with E-state index in [0.29, 0.717) is 11.4 Å². The predicted molar refractivity (Wildman–Crippen MR) is 53.6 cm³/mol. The quantitative estimate of drug-likeness (QED) is 0.596. The lowest BCUT2D eigenvalue weighted by molar-refractivity contribution is 0.0991. The number of nitrogens with two attached hydrogens (primary N) is 1. The molecule has 0 fully saturated rings. The molecule has 2 rings (SSSR count). The largest absolute Gasteiger partial charge is 0.363 e. The molecule has 1 aromatic heterocycles. The molecule has 0 aliphatic carbocycles. The molecule has 7 heteroatoms. The summed E-state index contributed by atoms with van der Waals surface area (Å²) in [4.78, 5) is 14.7. The maximum Gasteiger partial charge on any atom is 0.286 e. The number of carbonyl (C=O) groups is 1. The summed E-state index contributed by atoms with van der Waals surface area (Å²) in [5.74, 6) is -0.241. The van der Waals surface area contributed by atoms with Gasteiger partial charge in [0, 0.05) is 11.8 Å². The number of amides is 1.